The summed E-state index contributed by atoms with van der Waals surface area (Å²) in [6, 6.07) is 10.8. The van der Waals surface area contributed by atoms with Crippen LogP contribution in [0.3, 0.4) is 0 Å². The molecule has 6 heteroatoms. The van der Waals surface area contributed by atoms with Gasteiger partial charge in [0.2, 0.25) is 6.79 Å². The first kappa shape index (κ1) is 12.7. The topological polar surface area (TPSA) is 73.4 Å². The summed E-state index contributed by atoms with van der Waals surface area (Å²) in [4.78, 5) is 19.3. The Morgan fingerprint density at radius 3 is 3.05 bits per heavy atom. The van der Waals surface area contributed by atoms with Gasteiger partial charge in [-0.1, -0.05) is 6.07 Å². The summed E-state index contributed by atoms with van der Waals surface area (Å²) in [6.45, 7) is 0.207. The summed E-state index contributed by atoms with van der Waals surface area (Å²) in [5.41, 5.74) is 2.82. The van der Waals surface area contributed by atoms with Gasteiger partial charge in [-0.15, -0.1) is 0 Å². The molecular formula is C16H12N2O4. The van der Waals surface area contributed by atoms with E-state index < -0.39 is 0 Å². The monoisotopic (exact) mass is 296 g/mol. The smallest absolute Gasteiger partial charge is 0.337 e. The average molecular weight is 296 g/mol. The number of benzene rings is 2. The molecule has 1 N–H and O–H groups in total. The molecule has 22 heavy (non-hydrogen) atoms. The van der Waals surface area contributed by atoms with Gasteiger partial charge in [-0.3, -0.25) is 0 Å². The van der Waals surface area contributed by atoms with Crippen LogP contribution in [0.25, 0.3) is 22.4 Å². The molecule has 0 radical (unpaired) electrons. The first-order valence-corrected chi connectivity index (χ1v) is 6.73. The van der Waals surface area contributed by atoms with Crippen molar-refractivity contribution in [2.45, 2.75) is 0 Å². The van der Waals surface area contributed by atoms with Gasteiger partial charge in [0.15, 0.2) is 11.5 Å². The highest BCUT2D eigenvalue weighted by Gasteiger charge is 2.20. The lowest BCUT2D eigenvalue weighted by Crippen LogP contribution is -2.00. The van der Waals surface area contributed by atoms with Crippen molar-refractivity contribution in [2.24, 2.45) is 0 Å². The molecule has 0 saturated heterocycles. The fourth-order valence-electron chi connectivity index (χ4n) is 2.50. The molecule has 0 spiro atoms. The predicted molar refractivity (Wildman–Crippen MR) is 79.0 cm³/mol. The first-order chi connectivity index (χ1) is 10.8. The van der Waals surface area contributed by atoms with Crippen LogP contribution in [0.2, 0.25) is 0 Å². The number of fused-ring (bicyclic) bond motifs is 2. The largest absolute Gasteiger partial charge is 0.465 e. The van der Waals surface area contributed by atoms with Gasteiger partial charge in [-0.05, 0) is 30.3 Å². The number of aromatic nitrogens is 2. The number of hydrogen-bond donors (Lipinski definition) is 1. The second-order valence-electron chi connectivity index (χ2n) is 4.85. The number of ether oxygens (including phenoxy) is 3. The summed E-state index contributed by atoms with van der Waals surface area (Å²) >= 11 is 0. The second-order valence-corrected chi connectivity index (χ2v) is 4.85. The molecule has 110 valence electrons. The fourth-order valence-corrected chi connectivity index (χ4v) is 2.50. The van der Waals surface area contributed by atoms with Crippen LogP contribution in [0.15, 0.2) is 36.4 Å². The number of H-pyrrole nitrogens is 1. The lowest BCUT2D eigenvalue weighted by molar-refractivity contribution is 0.0601. The van der Waals surface area contributed by atoms with E-state index in [0.29, 0.717) is 22.9 Å². The van der Waals surface area contributed by atoms with Crippen molar-refractivity contribution >= 4 is 17.0 Å². The number of rotatable bonds is 2. The summed E-state index contributed by atoms with van der Waals surface area (Å²) in [5.74, 6) is 1.66. The zero-order chi connectivity index (χ0) is 15.1. The summed E-state index contributed by atoms with van der Waals surface area (Å²) in [6.07, 6.45) is 0. The van der Waals surface area contributed by atoms with Crippen LogP contribution in [0.1, 0.15) is 10.4 Å². The summed E-state index contributed by atoms with van der Waals surface area (Å²) in [5, 5.41) is 0. The van der Waals surface area contributed by atoms with Crippen LogP contribution in [0, 0.1) is 0 Å². The number of carbonyl (C=O) groups is 1. The van der Waals surface area contributed by atoms with Crippen LogP contribution < -0.4 is 9.47 Å². The first-order valence-electron chi connectivity index (χ1n) is 6.73. The molecule has 4 rings (SSSR count). The van der Waals surface area contributed by atoms with E-state index in [1.165, 1.54) is 7.11 Å². The Labute approximate surface area is 125 Å². The Balaban J connectivity index is 1.84. The van der Waals surface area contributed by atoms with Crippen molar-refractivity contribution in [1.82, 2.24) is 9.97 Å². The normalized spacial score (nSPS) is 12.6. The molecule has 0 aliphatic carbocycles. The maximum atomic E-state index is 11.6. The number of carbonyl (C=O) groups excluding carboxylic acids is 1. The van der Waals surface area contributed by atoms with Gasteiger partial charge >= 0.3 is 5.97 Å². The average Bonchev–Trinajstić information content (AvgIpc) is 3.19. The van der Waals surface area contributed by atoms with Crippen molar-refractivity contribution in [3.05, 3.63) is 42.0 Å². The molecule has 0 unspecified atom stereocenters. The predicted octanol–water partition coefficient (Wildman–Crippen LogP) is 2.75. The van der Waals surface area contributed by atoms with E-state index in [9.17, 15) is 4.79 Å². The van der Waals surface area contributed by atoms with Gasteiger partial charge in [-0.2, -0.15) is 0 Å². The van der Waals surface area contributed by atoms with Gasteiger partial charge < -0.3 is 19.2 Å². The molecule has 1 aliphatic heterocycles. The van der Waals surface area contributed by atoms with Crippen molar-refractivity contribution < 1.29 is 19.0 Å². The van der Waals surface area contributed by atoms with E-state index in [-0.39, 0.29) is 12.8 Å². The molecule has 3 aromatic rings. The maximum absolute atomic E-state index is 11.6. The zero-order valence-corrected chi connectivity index (χ0v) is 11.8. The van der Waals surface area contributed by atoms with Crippen molar-refractivity contribution in [2.75, 3.05) is 13.9 Å². The number of nitrogens with one attached hydrogen (secondary N) is 1. The number of aromatic amines is 1. The van der Waals surface area contributed by atoms with E-state index in [2.05, 4.69) is 9.97 Å². The standard InChI is InChI=1S/C16H12N2O4/c1-20-16(19)9-5-6-11-12(7-9)18-15(17-11)10-3-2-4-13-14(10)22-8-21-13/h2-7H,8H2,1H3,(H,17,18). The minimum atomic E-state index is -0.379. The minimum absolute atomic E-state index is 0.207. The molecule has 0 saturated carbocycles. The highest BCUT2D eigenvalue weighted by molar-refractivity contribution is 5.94. The van der Waals surface area contributed by atoms with E-state index in [1.807, 2.05) is 18.2 Å². The SMILES string of the molecule is COC(=O)c1ccc2nc(-c3cccc4c3OCO4)[nH]c2c1. The van der Waals surface area contributed by atoms with Crippen LogP contribution in [0.4, 0.5) is 0 Å². The molecule has 0 atom stereocenters. The van der Waals surface area contributed by atoms with E-state index in [0.717, 1.165) is 16.6 Å². The number of para-hydroxylation sites is 1. The minimum Gasteiger partial charge on any atom is -0.465 e. The number of nitrogens with zero attached hydrogens (tertiary/aromatic N) is 1. The summed E-state index contributed by atoms with van der Waals surface area (Å²) in [7, 11) is 1.36. The summed E-state index contributed by atoms with van der Waals surface area (Å²) < 4.78 is 15.6. The second kappa shape index (κ2) is 4.77. The number of esters is 1. The van der Waals surface area contributed by atoms with Gasteiger partial charge in [-0.25, -0.2) is 9.78 Å². The van der Waals surface area contributed by atoms with Gasteiger partial charge in [0.1, 0.15) is 5.82 Å². The molecule has 0 fully saturated rings. The molecule has 0 bridgehead atoms. The van der Waals surface area contributed by atoms with Gasteiger partial charge in [0.25, 0.3) is 0 Å². The number of hydrogen-bond acceptors (Lipinski definition) is 5. The number of methoxy groups -OCH3 is 1. The zero-order valence-electron chi connectivity index (χ0n) is 11.8. The lowest BCUT2D eigenvalue weighted by atomic mass is 10.2. The Morgan fingerprint density at radius 2 is 2.18 bits per heavy atom. The molecule has 2 heterocycles. The molecule has 1 aliphatic rings. The fraction of sp³-hybridized carbons (Fsp3) is 0.125. The van der Waals surface area contributed by atoms with Crippen LogP contribution in [-0.4, -0.2) is 29.8 Å². The molecule has 2 aromatic carbocycles. The van der Waals surface area contributed by atoms with Crippen LogP contribution >= 0.6 is 0 Å². The molecule has 6 nitrogen and oxygen atoms in total. The van der Waals surface area contributed by atoms with Crippen molar-refractivity contribution in [3.8, 4) is 22.9 Å². The van der Waals surface area contributed by atoms with Gasteiger partial charge in [0.05, 0.1) is 29.3 Å². The highest BCUT2D eigenvalue weighted by atomic mass is 16.7. The lowest BCUT2D eigenvalue weighted by Gasteiger charge is -2.01. The Kier molecular flexibility index (Phi) is 2.75. The Morgan fingerprint density at radius 1 is 1.27 bits per heavy atom. The third-order valence-corrected chi connectivity index (χ3v) is 3.55. The van der Waals surface area contributed by atoms with Gasteiger partial charge in [0, 0.05) is 0 Å². The van der Waals surface area contributed by atoms with Crippen LogP contribution in [0.5, 0.6) is 11.5 Å². The molecule has 0 amide bonds. The molecule has 1 aromatic heterocycles. The third kappa shape index (κ3) is 1.88. The van der Waals surface area contributed by atoms with E-state index in [4.69, 9.17) is 14.2 Å². The Bertz CT molecular complexity index is 885. The number of imidazole rings is 1. The van der Waals surface area contributed by atoms with Crippen molar-refractivity contribution in [1.29, 1.82) is 0 Å². The maximum Gasteiger partial charge on any atom is 0.337 e. The quantitative estimate of drug-likeness (QED) is 0.736. The Hall–Kier alpha value is -3.02. The van der Waals surface area contributed by atoms with Crippen molar-refractivity contribution in [3.63, 3.8) is 0 Å². The van der Waals surface area contributed by atoms with Crippen LogP contribution in [-0.2, 0) is 4.74 Å². The van der Waals surface area contributed by atoms with E-state index in [1.54, 1.807) is 18.2 Å². The third-order valence-electron chi connectivity index (χ3n) is 3.55. The van der Waals surface area contributed by atoms with E-state index >= 15 is 0 Å². The highest BCUT2D eigenvalue weighted by Crippen LogP contribution is 2.40. The molecular weight excluding hydrogens is 284 g/mol.